The number of rotatable bonds is 7. The normalized spacial score (nSPS) is 14.1. The lowest BCUT2D eigenvalue weighted by Gasteiger charge is -2.27. The predicted molar refractivity (Wildman–Crippen MR) is 111 cm³/mol. The van der Waals surface area contributed by atoms with E-state index in [-0.39, 0.29) is 22.6 Å². The van der Waals surface area contributed by atoms with Crippen LogP contribution in [0.4, 0.5) is 0 Å². The molecule has 1 aliphatic heterocycles. The van der Waals surface area contributed by atoms with Gasteiger partial charge in [-0.3, -0.25) is 24.1 Å². The van der Waals surface area contributed by atoms with Crippen molar-refractivity contribution in [3.63, 3.8) is 0 Å². The molecular weight excluding hydrogens is 400 g/mol. The van der Waals surface area contributed by atoms with Gasteiger partial charge in [-0.25, -0.2) is 4.79 Å². The standard InChI is InChI=1S/C23H24N2O6/c1-11(2)20(25-21(28)15-8-6-7-9-16(15)22(25)29)23(30)31-10-17(27)19-12(3)18(14(5)26)13(4)24-19/h6-9,11,20,24H,10H2,1-5H3/t20-/m1/s1. The second kappa shape index (κ2) is 8.29. The number of nitrogens with zero attached hydrogens (tertiary/aromatic N) is 1. The van der Waals surface area contributed by atoms with Gasteiger partial charge in [-0.15, -0.1) is 0 Å². The van der Waals surface area contributed by atoms with E-state index in [4.69, 9.17) is 4.74 Å². The van der Waals surface area contributed by atoms with Crippen LogP contribution in [0.25, 0.3) is 0 Å². The number of Topliss-reactive ketones (excluding diaryl/α,β-unsaturated/α-hetero) is 2. The third-order valence-corrected chi connectivity index (χ3v) is 5.39. The molecule has 2 aromatic rings. The van der Waals surface area contributed by atoms with E-state index in [2.05, 4.69) is 4.98 Å². The SMILES string of the molecule is CC(=O)c1c(C)[nH]c(C(=O)COC(=O)[C@@H](C(C)C)N2C(=O)c3ccccc3C2=O)c1C. The number of aromatic nitrogens is 1. The number of hydrogen-bond acceptors (Lipinski definition) is 6. The lowest BCUT2D eigenvalue weighted by atomic mass is 10.0. The molecule has 1 N–H and O–H groups in total. The van der Waals surface area contributed by atoms with Crippen molar-refractivity contribution in [3.8, 4) is 0 Å². The topological polar surface area (TPSA) is 114 Å². The molecule has 0 unspecified atom stereocenters. The lowest BCUT2D eigenvalue weighted by Crippen LogP contribution is -2.49. The summed E-state index contributed by atoms with van der Waals surface area (Å²) >= 11 is 0. The second-order valence-electron chi connectivity index (χ2n) is 7.93. The number of aromatic amines is 1. The quantitative estimate of drug-likeness (QED) is 0.415. The second-order valence-corrected chi connectivity index (χ2v) is 7.93. The first kappa shape index (κ1) is 22.1. The molecule has 8 heteroatoms. The van der Waals surface area contributed by atoms with Crippen LogP contribution in [0.1, 0.15) is 73.6 Å². The summed E-state index contributed by atoms with van der Waals surface area (Å²) in [7, 11) is 0. The van der Waals surface area contributed by atoms with Gasteiger partial charge in [0.05, 0.1) is 16.8 Å². The number of carbonyl (C=O) groups is 5. The number of esters is 1. The van der Waals surface area contributed by atoms with Crippen LogP contribution in [-0.4, -0.2) is 51.9 Å². The minimum Gasteiger partial charge on any atom is -0.456 e. The predicted octanol–water partition coefficient (Wildman–Crippen LogP) is 2.88. The number of ether oxygens (including phenoxy) is 1. The molecular formula is C23H24N2O6. The number of ketones is 2. The van der Waals surface area contributed by atoms with E-state index in [1.54, 1.807) is 39.8 Å². The lowest BCUT2D eigenvalue weighted by molar-refractivity contribution is -0.148. The number of aryl methyl sites for hydroxylation is 1. The smallest absolute Gasteiger partial charge is 0.330 e. The Hall–Kier alpha value is -3.55. The molecule has 2 amide bonds. The highest BCUT2D eigenvalue weighted by molar-refractivity contribution is 6.22. The first-order valence-electron chi connectivity index (χ1n) is 9.93. The number of amides is 2. The molecule has 0 spiro atoms. The van der Waals surface area contributed by atoms with Crippen LogP contribution in [-0.2, 0) is 9.53 Å². The van der Waals surface area contributed by atoms with Crippen LogP contribution in [0, 0.1) is 19.8 Å². The van der Waals surface area contributed by atoms with Gasteiger partial charge in [0.2, 0.25) is 5.78 Å². The summed E-state index contributed by atoms with van der Waals surface area (Å²) in [6, 6.07) is 5.19. The van der Waals surface area contributed by atoms with Gasteiger partial charge < -0.3 is 9.72 Å². The van der Waals surface area contributed by atoms with Crippen molar-refractivity contribution in [2.24, 2.45) is 5.92 Å². The molecule has 0 saturated carbocycles. The van der Waals surface area contributed by atoms with Crippen molar-refractivity contribution in [1.82, 2.24) is 9.88 Å². The Morgan fingerprint density at radius 2 is 1.58 bits per heavy atom. The average Bonchev–Trinajstić information content (AvgIpc) is 3.14. The molecule has 1 aromatic carbocycles. The zero-order valence-electron chi connectivity index (χ0n) is 18.1. The van der Waals surface area contributed by atoms with Gasteiger partial charge in [-0.2, -0.15) is 0 Å². The van der Waals surface area contributed by atoms with Gasteiger partial charge >= 0.3 is 5.97 Å². The first-order chi connectivity index (χ1) is 14.6. The molecule has 1 atom stereocenters. The fourth-order valence-electron chi connectivity index (χ4n) is 3.99. The summed E-state index contributed by atoms with van der Waals surface area (Å²) in [6.45, 7) is 7.54. The molecule has 0 bridgehead atoms. The number of H-pyrrole nitrogens is 1. The monoisotopic (exact) mass is 424 g/mol. The third-order valence-electron chi connectivity index (χ3n) is 5.39. The minimum absolute atomic E-state index is 0.173. The zero-order valence-corrected chi connectivity index (χ0v) is 18.1. The molecule has 0 radical (unpaired) electrons. The highest BCUT2D eigenvalue weighted by Gasteiger charge is 2.44. The third kappa shape index (κ3) is 3.81. The van der Waals surface area contributed by atoms with Crippen LogP contribution >= 0.6 is 0 Å². The largest absolute Gasteiger partial charge is 0.456 e. The molecule has 8 nitrogen and oxygen atoms in total. The highest BCUT2D eigenvalue weighted by atomic mass is 16.5. The van der Waals surface area contributed by atoms with E-state index < -0.39 is 42.1 Å². The summed E-state index contributed by atoms with van der Waals surface area (Å²) in [5, 5.41) is 0. The summed E-state index contributed by atoms with van der Waals surface area (Å²) in [5.41, 5.74) is 2.14. The van der Waals surface area contributed by atoms with Gasteiger partial charge in [0, 0.05) is 11.3 Å². The summed E-state index contributed by atoms with van der Waals surface area (Å²) in [6.07, 6.45) is 0. The molecule has 0 saturated heterocycles. The number of carbonyl (C=O) groups excluding carboxylic acids is 5. The number of fused-ring (bicyclic) bond motifs is 1. The number of imide groups is 1. The van der Waals surface area contributed by atoms with Gasteiger partial charge in [0.15, 0.2) is 12.4 Å². The summed E-state index contributed by atoms with van der Waals surface area (Å²) in [5.74, 6) is -3.08. The molecule has 3 rings (SSSR count). The minimum atomic E-state index is -1.17. The molecule has 1 aliphatic rings. The van der Waals surface area contributed by atoms with Gasteiger partial charge in [-0.1, -0.05) is 26.0 Å². The van der Waals surface area contributed by atoms with E-state index >= 15 is 0 Å². The summed E-state index contributed by atoms with van der Waals surface area (Å²) in [4.78, 5) is 66.5. The first-order valence-corrected chi connectivity index (χ1v) is 9.93. The van der Waals surface area contributed by atoms with E-state index in [0.717, 1.165) is 4.90 Å². The maximum atomic E-state index is 12.8. The fourth-order valence-corrected chi connectivity index (χ4v) is 3.99. The van der Waals surface area contributed by atoms with Crippen LogP contribution in [0.2, 0.25) is 0 Å². The Kier molecular flexibility index (Phi) is 5.92. The molecule has 31 heavy (non-hydrogen) atoms. The molecule has 0 aliphatic carbocycles. The zero-order chi connectivity index (χ0) is 23.0. The van der Waals surface area contributed by atoms with Crippen LogP contribution in [0.15, 0.2) is 24.3 Å². The number of nitrogens with one attached hydrogen (secondary N) is 1. The van der Waals surface area contributed by atoms with Crippen molar-refractivity contribution < 1.29 is 28.7 Å². The molecule has 162 valence electrons. The number of benzene rings is 1. The van der Waals surface area contributed by atoms with Gasteiger partial charge in [-0.05, 0) is 44.4 Å². The Morgan fingerprint density at radius 3 is 2.03 bits per heavy atom. The maximum Gasteiger partial charge on any atom is 0.330 e. The van der Waals surface area contributed by atoms with Crippen LogP contribution < -0.4 is 0 Å². The Labute approximate surface area is 179 Å². The van der Waals surface area contributed by atoms with E-state index in [1.165, 1.54) is 19.1 Å². The Balaban J connectivity index is 1.78. The maximum absolute atomic E-state index is 12.8. The number of hydrogen-bond donors (Lipinski definition) is 1. The summed E-state index contributed by atoms with van der Waals surface area (Å²) < 4.78 is 5.21. The van der Waals surface area contributed by atoms with Gasteiger partial charge in [0.25, 0.3) is 11.8 Å². The van der Waals surface area contributed by atoms with Crippen LogP contribution in [0.3, 0.4) is 0 Å². The highest BCUT2D eigenvalue weighted by Crippen LogP contribution is 2.28. The van der Waals surface area contributed by atoms with E-state index in [0.29, 0.717) is 16.8 Å². The van der Waals surface area contributed by atoms with Gasteiger partial charge in [0.1, 0.15) is 6.04 Å². The molecule has 0 fully saturated rings. The average molecular weight is 424 g/mol. The van der Waals surface area contributed by atoms with Crippen LogP contribution in [0.5, 0.6) is 0 Å². The Bertz CT molecular complexity index is 1080. The fraction of sp³-hybridized carbons (Fsp3) is 0.348. The van der Waals surface area contributed by atoms with Crippen molar-refractivity contribution in [1.29, 1.82) is 0 Å². The Morgan fingerprint density at radius 1 is 1.03 bits per heavy atom. The van der Waals surface area contributed by atoms with Crippen molar-refractivity contribution in [2.45, 2.75) is 40.7 Å². The molecule has 2 heterocycles. The molecule has 1 aromatic heterocycles. The van der Waals surface area contributed by atoms with Crippen molar-refractivity contribution >= 4 is 29.4 Å². The van der Waals surface area contributed by atoms with Crippen molar-refractivity contribution in [2.75, 3.05) is 6.61 Å². The van der Waals surface area contributed by atoms with E-state index in [1.807, 2.05) is 0 Å². The van der Waals surface area contributed by atoms with Crippen molar-refractivity contribution in [3.05, 3.63) is 57.9 Å². The van der Waals surface area contributed by atoms with E-state index in [9.17, 15) is 24.0 Å².